The van der Waals surface area contributed by atoms with Crippen molar-refractivity contribution >= 4 is 17.7 Å². The zero-order valence-corrected chi connectivity index (χ0v) is 23.5. The van der Waals surface area contributed by atoms with E-state index in [-0.39, 0.29) is 18.7 Å². The molecule has 3 aromatic rings. The molecule has 9 nitrogen and oxygen atoms in total. The molecule has 212 valence electrons. The normalized spacial score (nSPS) is 13.5. The zero-order valence-electron chi connectivity index (χ0n) is 23.5. The largest absolute Gasteiger partial charge is 0.460 e. The molecule has 1 unspecified atom stereocenters. The number of alkyl carbamates (subject to hydrolysis) is 1. The summed E-state index contributed by atoms with van der Waals surface area (Å²) in [6, 6.07) is 21.4. The summed E-state index contributed by atoms with van der Waals surface area (Å²) < 4.78 is 11.4. The number of aromatic nitrogens is 1. The Hall–Kier alpha value is -4.27. The van der Waals surface area contributed by atoms with Crippen LogP contribution in [0.4, 0.5) is 10.5 Å². The summed E-state index contributed by atoms with van der Waals surface area (Å²) in [6.07, 6.45) is 2.05. The van der Waals surface area contributed by atoms with Crippen molar-refractivity contribution in [1.82, 2.24) is 10.3 Å². The van der Waals surface area contributed by atoms with E-state index in [1.807, 2.05) is 67.6 Å². The molecule has 9 heteroatoms. The number of aryl methyl sites for hydroxylation is 1. The van der Waals surface area contributed by atoms with Gasteiger partial charge < -0.3 is 14.8 Å². The lowest BCUT2D eigenvalue weighted by atomic mass is 9.73. The first-order chi connectivity index (χ1) is 19.0. The molecule has 2 atom stereocenters. The number of benzene rings is 2. The standard InChI is InChI=1S/C31H37N3O6/c1-5-25(33-29(36)40-30(2,3)4)20-31(19-18-23-12-8-6-9-13-23,27-17-16-26(21-32-27)34(37)38)28(35)39-22-24-14-10-7-11-15-24/h6-17,21,25H,5,18-20,22H2,1-4H3,(H,33,36)/t25-,31?/m0/s1. The predicted octanol–water partition coefficient (Wildman–Crippen LogP) is 6.30. The highest BCUT2D eigenvalue weighted by Gasteiger charge is 2.45. The smallest absolute Gasteiger partial charge is 0.407 e. The van der Waals surface area contributed by atoms with Crippen LogP contribution in [0.2, 0.25) is 0 Å². The van der Waals surface area contributed by atoms with Gasteiger partial charge in [-0.15, -0.1) is 0 Å². The summed E-state index contributed by atoms with van der Waals surface area (Å²) in [5, 5.41) is 14.2. The third-order valence-electron chi connectivity index (χ3n) is 6.54. The minimum atomic E-state index is -1.31. The van der Waals surface area contributed by atoms with Crippen LogP contribution in [0.1, 0.15) is 63.8 Å². The number of carbonyl (C=O) groups is 2. The topological polar surface area (TPSA) is 121 Å². The highest BCUT2D eigenvalue weighted by molar-refractivity contribution is 5.83. The van der Waals surface area contributed by atoms with Crippen LogP contribution in [-0.4, -0.2) is 33.6 Å². The number of hydrogen-bond acceptors (Lipinski definition) is 7. The Balaban J connectivity index is 2.03. The van der Waals surface area contributed by atoms with Crippen LogP contribution in [-0.2, 0) is 32.7 Å². The summed E-state index contributed by atoms with van der Waals surface area (Å²) in [5.74, 6) is -0.516. The Morgan fingerprint density at radius 1 is 0.975 bits per heavy atom. The fraction of sp³-hybridized carbons (Fsp3) is 0.387. The maximum atomic E-state index is 14.1. The van der Waals surface area contributed by atoms with Gasteiger partial charge in [-0.2, -0.15) is 0 Å². The van der Waals surface area contributed by atoms with Crippen LogP contribution in [0, 0.1) is 10.1 Å². The average Bonchev–Trinajstić information content (AvgIpc) is 2.93. The van der Waals surface area contributed by atoms with E-state index in [4.69, 9.17) is 9.47 Å². The average molecular weight is 548 g/mol. The number of pyridine rings is 1. The summed E-state index contributed by atoms with van der Waals surface area (Å²) in [4.78, 5) is 42.0. The number of esters is 1. The summed E-state index contributed by atoms with van der Waals surface area (Å²) >= 11 is 0. The number of ether oxygens (including phenoxy) is 2. The zero-order chi connectivity index (χ0) is 29.2. The lowest BCUT2D eigenvalue weighted by Gasteiger charge is -2.35. The van der Waals surface area contributed by atoms with Gasteiger partial charge in [0.05, 0.1) is 10.6 Å². The summed E-state index contributed by atoms with van der Waals surface area (Å²) in [7, 11) is 0. The number of nitrogens with one attached hydrogen (secondary N) is 1. The Labute approximate surface area is 235 Å². The molecule has 0 aliphatic carbocycles. The molecule has 0 spiro atoms. The minimum Gasteiger partial charge on any atom is -0.460 e. The van der Waals surface area contributed by atoms with E-state index in [0.29, 0.717) is 25.0 Å². The first-order valence-corrected chi connectivity index (χ1v) is 13.4. The third-order valence-corrected chi connectivity index (χ3v) is 6.54. The van der Waals surface area contributed by atoms with E-state index in [9.17, 15) is 19.7 Å². The Bertz CT molecular complexity index is 1260. The molecular weight excluding hydrogens is 510 g/mol. The van der Waals surface area contributed by atoms with Crippen molar-refractivity contribution in [3.63, 3.8) is 0 Å². The van der Waals surface area contributed by atoms with Gasteiger partial charge in [0.25, 0.3) is 5.69 Å². The molecule has 0 aliphatic heterocycles. The minimum absolute atomic E-state index is 0.0516. The van der Waals surface area contributed by atoms with E-state index in [1.54, 1.807) is 20.8 Å². The van der Waals surface area contributed by atoms with Crippen molar-refractivity contribution in [2.24, 2.45) is 0 Å². The fourth-order valence-corrected chi connectivity index (χ4v) is 4.46. The molecule has 3 rings (SSSR count). The van der Waals surface area contributed by atoms with Gasteiger partial charge >= 0.3 is 12.1 Å². The van der Waals surface area contributed by atoms with E-state index < -0.39 is 34.0 Å². The third kappa shape index (κ3) is 8.62. The quantitative estimate of drug-likeness (QED) is 0.160. The first kappa shape index (κ1) is 30.3. The van der Waals surface area contributed by atoms with Crippen LogP contribution in [0.15, 0.2) is 79.0 Å². The molecule has 0 saturated carbocycles. The molecule has 40 heavy (non-hydrogen) atoms. The molecule has 1 heterocycles. The van der Waals surface area contributed by atoms with Gasteiger partial charge in [-0.1, -0.05) is 67.6 Å². The van der Waals surface area contributed by atoms with Crippen LogP contribution in [0.3, 0.4) is 0 Å². The molecule has 0 saturated heterocycles. The predicted molar refractivity (Wildman–Crippen MR) is 152 cm³/mol. The maximum absolute atomic E-state index is 14.1. The van der Waals surface area contributed by atoms with Crippen molar-refractivity contribution in [3.8, 4) is 0 Å². The Morgan fingerprint density at radius 2 is 1.60 bits per heavy atom. The van der Waals surface area contributed by atoms with Gasteiger partial charge in [0.1, 0.15) is 23.8 Å². The van der Waals surface area contributed by atoms with Gasteiger partial charge in [0.2, 0.25) is 0 Å². The molecule has 1 N–H and O–H groups in total. The van der Waals surface area contributed by atoms with Gasteiger partial charge in [0, 0.05) is 12.1 Å². The van der Waals surface area contributed by atoms with Gasteiger partial charge in [0.15, 0.2) is 0 Å². The van der Waals surface area contributed by atoms with Crippen LogP contribution < -0.4 is 5.32 Å². The lowest BCUT2D eigenvalue weighted by Crippen LogP contribution is -2.47. The monoisotopic (exact) mass is 547 g/mol. The van der Waals surface area contributed by atoms with E-state index in [2.05, 4.69) is 10.3 Å². The second kappa shape index (κ2) is 13.7. The molecule has 0 fully saturated rings. The highest BCUT2D eigenvalue weighted by Crippen LogP contribution is 2.37. The number of rotatable bonds is 12. The van der Waals surface area contributed by atoms with Gasteiger partial charge in [-0.05, 0) is 63.6 Å². The Kier molecular flexibility index (Phi) is 10.4. The van der Waals surface area contributed by atoms with Crippen molar-refractivity contribution < 1.29 is 24.0 Å². The van der Waals surface area contributed by atoms with Gasteiger partial charge in [-0.3, -0.25) is 19.9 Å². The van der Waals surface area contributed by atoms with Gasteiger partial charge in [-0.25, -0.2) is 4.79 Å². The fourth-order valence-electron chi connectivity index (χ4n) is 4.46. The Morgan fingerprint density at radius 3 is 2.12 bits per heavy atom. The molecule has 0 aliphatic rings. The maximum Gasteiger partial charge on any atom is 0.407 e. The van der Waals surface area contributed by atoms with Crippen LogP contribution in [0.25, 0.3) is 0 Å². The molecule has 0 radical (unpaired) electrons. The number of carbonyl (C=O) groups excluding carboxylic acids is 2. The summed E-state index contributed by atoms with van der Waals surface area (Å²) in [6.45, 7) is 7.29. The van der Waals surface area contributed by atoms with Crippen molar-refractivity contribution in [1.29, 1.82) is 0 Å². The van der Waals surface area contributed by atoms with Crippen molar-refractivity contribution in [2.45, 2.75) is 77.0 Å². The molecule has 1 aromatic heterocycles. The summed E-state index contributed by atoms with van der Waals surface area (Å²) in [5.41, 5.74) is -0.00786. The molecular formula is C31H37N3O6. The van der Waals surface area contributed by atoms with Crippen molar-refractivity contribution in [3.05, 3.63) is 106 Å². The SMILES string of the molecule is CC[C@@H](CC(CCc1ccccc1)(C(=O)OCc1ccccc1)c1ccc([N+](=O)[O-])cn1)NC(=O)OC(C)(C)C. The van der Waals surface area contributed by atoms with Crippen LogP contribution in [0.5, 0.6) is 0 Å². The van der Waals surface area contributed by atoms with E-state index >= 15 is 0 Å². The van der Waals surface area contributed by atoms with Crippen molar-refractivity contribution in [2.75, 3.05) is 0 Å². The molecule has 2 aromatic carbocycles. The van der Waals surface area contributed by atoms with Crippen LogP contribution >= 0.6 is 0 Å². The number of hydrogen-bond donors (Lipinski definition) is 1. The second-order valence-electron chi connectivity index (χ2n) is 10.7. The van der Waals surface area contributed by atoms with E-state index in [0.717, 1.165) is 17.3 Å². The number of nitro groups is 1. The molecule has 1 amide bonds. The van der Waals surface area contributed by atoms with E-state index in [1.165, 1.54) is 12.1 Å². The lowest BCUT2D eigenvalue weighted by molar-refractivity contribution is -0.385. The highest BCUT2D eigenvalue weighted by atomic mass is 16.6. The second-order valence-corrected chi connectivity index (χ2v) is 10.7. The number of nitrogens with zero attached hydrogens (tertiary/aromatic N) is 2. The number of amides is 1. The molecule has 0 bridgehead atoms. The first-order valence-electron chi connectivity index (χ1n) is 13.4.